The molecule has 1 fully saturated rings. The van der Waals surface area contributed by atoms with Crippen LogP contribution in [-0.4, -0.2) is 65.2 Å². The topological polar surface area (TPSA) is 72.9 Å². The van der Waals surface area contributed by atoms with Crippen LogP contribution in [0.1, 0.15) is 27.2 Å². The van der Waals surface area contributed by atoms with Gasteiger partial charge in [-0.25, -0.2) is 4.79 Å². The number of piperazine rings is 1. The van der Waals surface area contributed by atoms with Crippen molar-refractivity contribution < 1.29 is 14.7 Å². The summed E-state index contributed by atoms with van der Waals surface area (Å²) in [5.74, 6) is -0.906. The van der Waals surface area contributed by atoms with Gasteiger partial charge in [-0.05, 0) is 20.4 Å². The van der Waals surface area contributed by atoms with Crippen molar-refractivity contribution in [1.29, 1.82) is 0 Å². The molecule has 0 radical (unpaired) electrons. The fourth-order valence-corrected chi connectivity index (χ4v) is 2.06. The van der Waals surface area contributed by atoms with Crippen molar-refractivity contribution in [1.82, 2.24) is 15.1 Å². The summed E-state index contributed by atoms with van der Waals surface area (Å²) in [6, 6.07) is -0.169. The van der Waals surface area contributed by atoms with Gasteiger partial charge in [-0.15, -0.1) is 0 Å². The number of rotatable bonds is 4. The average molecular weight is 257 g/mol. The van der Waals surface area contributed by atoms with Gasteiger partial charge in [-0.3, -0.25) is 4.79 Å². The lowest BCUT2D eigenvalue weighted by Gasteiger charge is -2.36. The lowest BCUT2D eigenvalue weighted by molar-refractivity contribution is -0.138. The number of hydrogen-bond acceptors (Lipinski definition) is 3. The summed E-state index contributed by atoms with van der Waals surface area (Å²) >= 11 is 0. The standard InChI is InChI=1S/C12H23N3O3/c1-4-14-5-7-15(8-6-14)11(18)13-12(2,3)9-10(16)17/h4-9H2,1-3H3,(H,13,18)(H,16,17). The molecule has 0 atom stereocenters. The normalized spacial score (nSPS) is 17.6. The molecule has 6 nitrogen and oxygen atoms in total. The number of urea groups is 1. The van der Waals surface area contributed by atoms with Gasteiger partial charge in [0.05, 0.1) is 6.42 Å². The van der Waals surface area contributed by atoms with Crippen molar-refractivity contribution >= 4 is 12.0 Å². The highest BCUT2D eigenvalue weighted by molar-refractivity contribution is 5.76. The zero-order chi connectivity index (χ0) is 13.8. The number of carboxylic acids is 1. The molecular weight excluding hydrogens is 234 g/mol. The van der Waals surface area contributed by atoms with Gasteiger partial charge in [-0.2, -0.15) is 0 Å². The Balaban J connectivity index is 2.44. The Hall–Kier alpha value is -1.30. The van der Waals surface area contributed by atoms with Gasteiger partial charge in [0.1, 0.15) is 0 Å². The first-order chi connectivity index (χ1) is 8.34. The van der Waals surface area contributed by atoms with E-state index >= 15 is 0 Å². The molecule has 104 valence electrons. The van der Waals surface area contributed by atoms with Crippen LogP contribution in [0.2, 0.25) is 0 Å². The third-order valence-electron chi connectivity index (χ3n) is 3.15. The van der Waals surface area contributed by atoms with Gasteiger partial charge in [0.2, 0.25) is 0 Å². The van der Waals surface area contributed by atoms with Crippen LogP contribution in [0.25, 0.3) is 0 Å². The number of likely N-dealkylation sites (N-methyl/N-ethyl adjacent to an activating group) is 1. The van der Waals surface area contributed by atoms with E-state index in [2.05, 4.69) is 17.1 Å². The molecule has 1 saturated heterocycles. The average Bonchev–Trinajstić information content (AvgIpc) is 2.26. The summed E-state index contributed by atoms with van der Waals surface area (Å²) in [6.45, 7) is 9.70. The lowest BCUT2D eigenvalue weighted by Crippen LogP contribution is -2.56. The van der Waals surface area contributed by atoms with Crippen molar-refractivity contribution in [2.75, 3.05) is 32.7 Å². The molecule has 1 aliphatic rings. The van der Waals surface area contributed by atoms with Crippen molar-refractivity contribution in [2.45, 2.75) is 32.7 Å². The SMILES string of the molecule is CCN1CCN(C(=O)NC(C)(C)CC(=O)O)CC1. The van der Waals surface area contributed by atoms with E-state index in [0.717, 1.165) is 19.6 Å². The quantitative estimate of drug-likeness (QED) is 0.773. The molecule has 0 aromatic rings. The molecular formula is C12H23N3O3. The van der Waals surface area contributed by atoms with Crippen LogP contribution in [0.15, 0.2) is 0 Å². The molecule has 0 unspecified atom stereocenters. The van der Waals surface area contributed by atoms with E-state index in [4.69, 9.17) is 5.11 Å². The Kier molecular flexibility index (Phi) is 4.95. The van der Waals surface area contributed by atoms with E-state index in [0.29, 0.717) is 13.1 Å². The molecule has 18 heavy (non-hydrogen) atoms. The fourth-order valence-electron chi connectivity index (χ4n) is 2.06. The minimum Gasteiger partial charge on any atom is -0.481 e. The molecule has 2 N–H and O–H groups in total. The van der Waals surface area contributed by atoms with Gasteiger partial charge in [0.15, 0.2) is 0 Å². The first-order valence-electron chi connectivity index (χ1n) is 6.35. The zero-order valence-electron chi connectivity index (χ0n) is 11.4. The molecule has 6 heteroatoms. The highest BCUT2D eigenvalue weighted by Crippen LogP contribution is 2.10. The smallest absolute Gasteiger partial charge is 0.317 e. The predicted molar refractivity (Wildman–Crippen MR) is 68.6 cm³/mol. The highest BCUT2D eigenvalue weighted by Gasteiger charge is 2.27. The Bertz CT molecular complexity index is 310. The van der Waals surface area contributed by atoms with Crippen LogP contribution in [0.4, 0.5) is 4.79 Å². The van der Waals surface area contributed by atoms with E-state index in [1.807, 2.05) is 0 Å². The van der Waals surface area contributed by atoms with E-state index in [-0.39, 0.29) is 12.5 Å². The van der Waals surface area contributed by atoms with Crippen molar-refractivity contribution in [3.05, 3.63) is 0 Å². The first kappa shape index (κ1) is 14.8. The Morgan fingerprint density at radius 1 is 1.22 bits per heavy atom. The van der Waals surface area contributed by atoms with Gasteiger partial charge < -0.3 is 20.2 Å². The third kappa shape index (κ3) is 4.52. The zero-order valence-corrected chi connectivity index (χ0v) is 11.4. The number of carbonyl (C=O) groups is 2. The van der Waals surface area contributed by atoms with Crippen LogP contribution in [0, 0.1) is 0 Å². The van der Waals surface area contributed by atoms with Crippen molar-refractivity contribution in [3.63, 3.8) is 0 Å². The second kappa shape index (κ2) is 6.04. The summed E-state index contributed by atoms with van der Waals surface area (Å²) in [5, 5.41) is 11.5. The largest absolute Gasteiger partial charge is 0.481 e. The van der Waals surface area contributed by atoms with Crippen molar-refractivity contribution in [3.8, 4) is 0 Å². The van der Waals surface area contributed by atoms with Gasteiger partial charge in [-0.1, -0.05) is 6.92 Å². The number of carbonyl (C=O) groups excluding carboxylic acids is 1. The number of nitrogens with zero attached hydrogens (tertiary/aromatic N) is 2. The van der Waals surface area contributed by atoms with E-state index in [1.165, 1.54) is 0 Å². The third-order valence-corrected chi connectivity index (χ3v) is 3.15. The predicted octanol–water partition coefficient (Wildman–Crippen LogP) is 0.587. The summed E-state index contributed by atoms with van der Waals surface area (Å²) in [4.78, 5) is 26.7. The lowest BCUT2D eigenvalue weighted by atomic mass is 10.0. The molecule has 2 amide bonds. The van der Waals surface area contributed by atoms with Crippen LogP contribution >= 0.6 is 0 Å². The molecule has 0 saturated carbocycles. The van der Waals surface area contributed by atoms with Crippen LogP contribution in [-0.2, 0) is 4.79 Å². The molecule has 0 bridgehead atoms. The maximum absolute atomic E-state index is 12.0. The molecule has 0 spiro atoms. The molecule has 1 heterocycles. The highest BCUT2D eigenvalue weighted by atomic mass is 16.4. The maximum atomic E-state index is 12.0. The summed E-state index contributed by atoms with van der Waals surface area (Å²) in [5.41, 5.74) is -0.717. The summed E-state index contributed by atoms with van der Waals surface area (Å²) in [7, 11) is 0. The fraction of sp³-hybridized carbons (Fsp3) is 0.833. The van der Waals surface area contributed by atoms with Gasteiger partial charge in [0, 0.05) is 31.7 Å². The van der Waals surface area contributed by atoms with E-state index < -0.39 is 11.5 Å². The number of hydrogen-bond donors (Lipinski definition) is 2. The van der Waals surface area contributed by atoms with Gasteiger partial charge in [0.25, 0.3) is 0 Å². The Morgan fingerprint density at radius 2 is 1.78 bits per heavy atom. The van der Waals surface area contributed by atoms with Gasteiger partial charge >= 0.3 is 12.0 Å². The Morgan fingerprint density at radius 3 is 2.22 bits per heavy atom. The molecule has 0 aromatic carbocycles. The molecule has 1 aliphatic heterocycles. The second-order valence-electron chi connectivity index (χ2n) is 5.31. The molecule has 1 rings (SSSR count). The van der Waals surface area contributed by atoms with Crippen LogP contribution in [0.3, 0.4) is 0 Å². The first-order valence-corrected chi connectivity index (χ1v) is 6.35. The number of nitrogens with one attached hydrogen (secondary N) is 1. The number of carboxylic acid groups (broad SMARTS) is 1. The minimum absolute atomic E-state index is 0.0757. The van der Waals surface area contributed by atoms with Crippen LogP contribution in [0.5, 0.6) is 0 Å². The summed E-state index contributed by atoms with van der Waals surface area (Å²) in [6.07, 6.45) is -0.0757. The monoisotopic (exact) mass is 257 g/mol. The molecule has 0 aliphatic carbocycles. The minimum atomic E-state index is -0.906. The van der Waals surface area contributed by atoms with E-state index in [9.17, 15) is 9.59 Å². The summed E-state index contributed by atoms with van der Waals surface area (Å²) < 4.78 is 0. The van der Waals surface area contributed by atoms with E-state index in [1.54, 1.807) is 18.7 Å². The Labute approximate surface area is 108 Å². The number of amides is 2. The maximum Gasteiger partial charge on any atom is 0.317 e. The van der Waals surface area contributed by atoms with Crippen LogP contribution < -0.4 is 5.32 Å². The van der Waals surface area contributed by atoms with Crippen molar-refractivity contribution in [2.24, 2.45) is 0 Å². The number of aliphatic carboxylic acids is 1. The molecule has 0 aromatic heterocycles. The second-order valence-corrected chi connectivity index (χ2v) is 5.31.